The van der Waals surface area contributed by atoms with Gasteiger partial charge in [0, 0.05) is 24.8 Å². The number of urea groups is 1. The molecule has 3 rings (SSSR count). The molecule has 1 saturated heterocycles. The number of aryl methyl sites for hydroxylation is 2. The minimum absolute atomic E-state index is 0.140. The molecule has 2 aromatic rings. The zero-order chi connectivity index (χ0) is 21.7. The van der Waals surface area contributed by atoms with Gasteiger partial charge in [0.15, 0.2) is 0 Å². The largest absolute Gasteiger partial charge is 0.338 e. The quantitative estimate of drug-likeness (QED) is 0.717. The van der Waals surface area contributed by atoms with Gasteiger partial charge in [0.1, 0.15) is 5.82 Å². The second kappa shape index (κ2) is 9.57. The summed E-state index contributed by atoms with van der Waals surface area (Å²) in [6.07, 6.45) is 2.98. The number of sulfonamides is 1. The Bertz CT molecular complexity index is 1010. The van der Waals surface area contributed by atoms with Crippen molar-refractivity contribution in [2.75, 3.05) is 18.4 Å². The highest BCUT2D eigenvalue weighted by Crippen LogP contribution is 2.28. The summed E-state index contributed by atoms with van der Waals surface area (Å²) in [5, 5.41) is 5.59. The molecule has 162 valence electrons. The number of hydrogen-bond acceptors (Lipinski definition) is 3. The van der Waals surface area contributed by atoms with Crippen LogP contribution in [-0.4, -0.2) is 37.9 Å². The van der Waals surface area contributed by atoms with Gasteiger partial charge < -0.3 is 10.6 Å². The van der Waals surface area contributed by atoms with Crippen LogP contribution in [0.3, 0.4) is 0 Å². The van der Waals surface area contributed by atoms with E-state index in [4.69, 9.17) is 0 Å². The number of nitrogens with zero attached hydrogens (tertiary/aromatic N) is 1. The van der Waals surface area contributed by atoms with Crippen LogP contribution in [0, 0.1) is 19.7 Å². The average Bonchev–Trinajstić information content (AvgIpc) is 2.68. The fraction of sp³-hybridized carbons (Fsp3) is 0.409. The first-order valence-corrected chi connectivity index (χ1v) is 11.6. The highest BCUT2D eigenvalue weighted by atomic mass is 32.2. The third-order valence-corrected chi connectivity index (χ3v) is 7.45. The van der Waals surface area contributed by atoms with Crippen molar-refractivity contribution in [3.63, 3.8) is 0 Å². The molecule has 0 spiro atoms. The van der Waals surface area contributed by atoms with E-state index < -0.39 is 15.8 Å². The van der Waals surface area contributed by atoms with Crippen LogP contribution < -0.4 is 10.6 Å². The number of rotatable bonds is 6. The van der Waals surface area contributed by atoms with E-state index in [1.165, 1.54) is 22.5 Å². The molecule has 1 unspecified atom stereocenters. The summed E-state index contributed by atoms with van der Waals surface area (Å²) in [6, 6.07) is 10.7. The first kappa shape index (κ1) is 22.2. The van der Waals surface area contributed by atoms with Gasteiger partial charge in [-0.25, -0.2) is 17.6 Å². The van der Waals surface area contributed by atoms with Crippen LogP contribution in [-0.2, 0) is 10.0 Å². The maximum Gasteiger partial charge on any atom is 0.319 e. The molecule has 30 heavy (non-hydrogen) atoms. The van der Waals surface area contributed by atoms with Gasteiger partial charge >= 0.3 is 6.03 Å². The minimum Gasteiger partial charge on any atom is -0.338 e. The maximum absolute atomic E-state index is 13.4. The van der Waals surface area contributed by atoms with E-state index in [-0.39, 0.29) is 17.0 Å². The summed E-state index contributed by atoms with van der Waals surface area (Å²) < 4.78 is 41.3. The lowest BCUT2D eigenvalue weighted by molar-refractivity contribution is 0.234. The second-order valence-corrected chi connectivity index (χ2v) is 9.57. The summed E-state index contributed by atoms with van der Waals surface area (Å²) >= 11 is 0. The molecule has 1 aliphatic rings. The Labute approximate surface area is 177 Å². The maximum atomic E-state index is 13.4. The predicted octanol–water partition coefficient (Wildman–Crippen LogP) is 4.20. The van der Waals surface area contributed by atoms with Crippen LogP contribution >= 0.6 is 0 Å². The number of nitrogens with one attached hydrogen (secondary N) is 2. The van der Waals surface area contributed by atoms with Crippen LogP contribution in [0.1, 0.15) is 36.8 Å². The smallest absolute Gasteiger partial charge is 0.319 e. The van der Waals surface area contributed by atoms with E-state index in [1.807, 2.05) is 31.2 Å². The fourth-order valence-corrected chi connectivity index (χ4v) is 5.79. The molecule has 2 amide bonds. The monoisotopic (exact) mass is 433 g/mol. The first-order chi connectivity index (χ1) is 14.3. The Morgan fingerprint density at radius 3 is 2.70 bits per heavy atom. The molecule has 1 aliphatic heterocycles. The van der Waals surface area contributed by atoms with Crippen molar-refractivity contribution in [2.24, 2.45) is 0 Å². The lowest BCUT2D eigenvalue weighted by Gasteiger charge is -2.35. The second-order valence-electron chi connectivity index (χ2n) is 7.71. The summed E-state index contributed by atoms with van der Waals surface area (Å²) in [7, 11) is -3.72. The summed E-state index contributed by atoms with van der Waals surface area (Å²) in [5.74, 6) is -0.453. The number of amides is 2. The Morgan fingerprint density at radius 1 is 1.17 bits per heavy atom. The molecule has 0 radical (unpaired) electrons. The van der Waals surface area contributed by atoms with E-state index >= 15 is 0 Å². The van der Waals surface area contributed by atoms with Crippen molar-refractivity contribution < 1.29 is 17.6 Å². The number of halogens is 1. The molecule has 1 heterocycles. The average molecular weight is 434 g/mol. The number of carbonyl (C=O) groups is 1. The van der Waals surface area contributed by atoms with Gasteiger partial charge in [-0.3, -0.25) is 0 Å². The molecule has 2 aromatic carbocycles. The number of benzene rings is 2. The molecule has 8 heteroatoms. The van der Waals surface area contributed by atoms with Crippen LogP contribution in [0.5, 0.6) is 0 Å². The van der Waals surface area contributed by atoms with Gasteiger partial charge in [-0.05, 0) is 74.6 Å². The molecular formula is C22H28FN3O3S. The number of carbonyl (C=O) groups excluding carboxylic acids is 1. The third-order valence-electron chi connectivity index (χ3n) is 5.34. The van der Waals surface area contributed by atoms with E-state index in [2.05, 4.69) is 10.6 Å². The Kier molecular flexibility index (Phi) is 7.10. The van der Waals surface area contributed by atoms with Crippen LogP contribution in [0.25, 0.3) is 0 Å². The molecular weight excluding hydrogens is 405 g/mol. The van der Waals surface area contributed by atoms with Gasteiger partial charge in [-0.15, -0.1) is 0 Å². The highest BCUT2D eigenvalue weighted by Gasteiger charge is 2.34. The summed E-state index contributed by atoms with van der Waals surface area (Å²) in [5.41, 5.74) is 2.16. The van der Waals surface area contributed by atoms with Crippen molar-refractivity contribution in [1.29, 1.82) is 0 Å². The lowest BCUT2D eigenvalue weighted by Crippen LogP contribution is -2.45. The zero-order valence-electron chi connectivity index (χ0n) is 17.3. The van der Waals surface area contributed by atoms with Crippen molar-refractivity contribution in [2.45, 2.75) is 50.5 Å². The van der Waals surface area contributed by atoms with Gasteiger partial charge in [0.25, 0.3) is 0 Å². The highest BCUT2D eigenvalue weighted by molar-refractivity contribution is 7.89. The number of piperidine rings is 1. The first-order valence-electron chi connectivity index (χ1n) is 10.2. The van der Waals surface area contributed by atoms with Crippen molar-refractivity contribution in [3.05, 3.63) is 59.4 Å². The lowest BCUT2D eigenvalue weighted by atomic mass is 10.0. The van der Waals surface area contributed by atoms with Crippen molar-refractivity contribution in [1.82, 2.24) is 9.62 Å². The summed E-state index contributed by atoms with van der Waals surface area (Å²) in [6.45, 7) is 4.34. The molecule has 0 bridgehead atoms. The number of hydrogen-bond donors (Lipinski definition) is 2. The van der Waals surface area contributed by atoms with Gasteiger partial charge in [0.2, 0.25) is 10.0 Å². The van der Waals surface area contributed by atoms with Gasteiger partial charge in [0.05, 0.1) is 4.90 Å². The van der Waals surface area contributed by atoms with Gasteiger partial charge in [-0.1, -0.05) is 18.6 Å². The van der Waals surface area contributed by atoms with Crippen molar-refractivity contribution in [3.8, 4) is 0 Å². The predicted molar refractivity (Wildman–Crippen MR) is 115 cm³/mol. The molecule has 0 saturated carbocycles. The molecule has 2 N–H and O–H groups in total. The zero-order valence-corrected chi connectivity index (χ0v) is 18.1. The topological polar surface area (TPSA) is 78.5 Å². The standard InChI is InChI=1S/C22H28FN3O3S/c1-16-6-5-7-19(14-16)25-22(27)24-12-11-20-8-3-4-13-26(20)30(28,29)21-10-9-18(23)15-17(21)2/h5-7,9-10,14-15,20H,3-4,8,11-13H2,1-2H3,(H2,24,25,27). The van der Waals surface area contributed by atoms with Crippen LogP contribution in [0.2, 0.25) is 0 Å². The molecule has 1 fully saturated rings. The summed E-state index contributed by atoms with van der Waals surface area (Å²) in [4.78, 5) is 12.3. The normalized spacial score (nSPS) is 17.5. The third kappa shape index (κ3) is 5.37. The van der Waals surface area contributed by atoms with Crippen LogP contribution in [0.4, 0.5) is 14.9 Å². The van der Waals surface area contributed by atoms with E-state index in [1.54, 1.807) is 6.92 Å². The molecule has 0 aromatic heterocycles. The number of anilines is 1. The Morgan fingerprint density at radius 2 is 1.97 bits per heavy atom. The van der Waals surface area contributed by atoms with Crippen LogP contribution in [0.15, 0.2) is 47.4 Å². The molecule has 1 atom stereocenters. The van der Waals surface area contributed by atoms with E-state index in [9.17, 15) is 17.6 Å². The van der Waals surface area contributed by atoms with Crippen molar-refractivity contribution >= 4 is 21.7 Å². The molecule has 6 nitrogen and oxygen atoms in total. The van der Waals surface area contributed by atoms with E-state index in [0.717, 1.165) is 24.8 Å². The SMILES string of the molecule is Cc1cccc(NC(=O)NCCC2CCCCN2S(=O)(=O)c2ccc(F)cc2C)c1. The Balaban J connectivity index is 1.62. The van der Waals surface area contributed by atoms with E-state index in [0.29, 0.717) is 30.8 Å². The molecule has 0 aliphatic carbocycles. The minimum atomic E-state index is -3.72. The fourth-order valence-electron chi connectivity index (χ4n) is 3.86. The van der Waals surface area contributed by atoms with Gasteiger partial charge in [-0.2, -0.15) is 4.31 Å². The Hall–Kier alpha value is -2.45.